The minimum atomic E-state index is -0.757. The highest BCUT2D eigenvalue weighted by Crippen LogP contribution is 2.34. The van der Waals surface area contributed by atoms with E-state index in [2.05, 4.69) is 4.74 Å². The largest absolute Gasteiger partial charge is 0.469 e. The molecule has 1 aromatic rings. The second-order valence-corrected chi connectivity index (χ2v) is 4.66. The summed E-state index contributed by atoms with van der Waals surface area (Å²) in [6.07, 6.45) is 0.723. The molecule has 0 aliphatic rings. The molecule has 0 bridgehead atoms. The molecule has 1 aromatic carbocycles. The molecule has 2 N–H and O–H groups in total. The van der Waals surface area contributed by atoms with Gasteiger partial charge in [-0.2, -0.15) is 0 Å². The number of halogens is 1. The zero-order valence-electron chi connectivity index (χ0n) is 11.1. The maximum absolute atomic E-state index is 13.9. The van der Waals surface area contributed by atoms with Crippen molar-refractivity contribution in [2.45, 2.75) is 38.1 Å². The van der Waals surface area contributed by atoms with Gasteiger partial charge in [-0.05, 0) is 18.1 Å². The number of hydrogen-bond acceptors (Lipinski definition) is 3. The standard InChI is InChI=1S/C14H20FNO2/c1-4-12(16)14(2,9-13(17)18-3)10-7-5-6-8-11(10)15/h5-8,12H,4,9,16H2,1-3H3. The van der Waals surface area contributed by atoms with E-state index in [9.17, 15) is 9.18 Å². The SMILES string of the molecule is CCC(N)C(C)(CC(=O)OC)c1ccccc1F. The van der Waals surface area contributed by atoms with E-state index in [1.807, 2.05) is 6.92 Å². The topological polar surface area (TPSA) is 52.3 Å². The number of ether oxygens (including phenoxy) is 1. The average molecular weight is 253 g/mol. The third-order valence-corrected chi connectivity index (χ3v) is 3.49. The lowest BCUT2D eigenvalue weighted by Gasteiger charge is -2.35. The highest BCUT2D eigenvalue weighted by molar-refractivity contribution is 5.71. The van der Waals surface area contributed by atoms with Gasteiger partial charge in [0.2, 0.25) is 0 Å². The van der Waals surface area contributed by atoms with Gasteiger partial charge >= 0.3 is 5.97 Å². The molecule has 0 aromatic heterocycles. The van der Waals surface area contributed by atoms with Gasteiger partial charge in [-0.15, -0.1) is 0 Å². The van der Waals surface area contributed by atoms with Crippen LogP contribution in [0.5, 0.6) is 0 Å². The van der Waals surface area contributed by atoms with E-state index >= 15 is 0 Å². The van der Waals surface area contributed by atoms with Gasteiger partial charge < -0.3 is 10.5 Å². The quantitative estimate of drug-likeness (QED) is 0.820. The summed E-state index contributed by atoms with van der Waals surface area (Å²) < 4.78 is 18.6. The summed E-state index contributed by atoms with van der Waals surface area (Å²) in [5.41, 5.74) is 5.79. The number of carbonyl (C=O) groups excluding carboxylic acids is 1. The summed E-state index contributed by atoms with van der Waals surface area (Å²) in [5, 5.41) is 0. The van der Waals surface area contributed by atoms with Gasteiger partial charge in [-0.25, -0.2) is 4.39 Å². The van der Waals surface area contributed by atoms with Crippen LogP contribution in [-0.4, -0.2) is 19.1 Å². The van der Waals surface area contributed by atoms with Crippen molar-refractivity contribution >= 4 is 5.97 Å². The van der Waals surface area contributed by atoms with Gasteiger partial charge in [-0.3, -0.25) is 4.79 Å². The van der Waals surface area contributed by atoms with E-state index in [4.69, 9.17) is 5.73 Å². The Labute approximate surface area is 107 Å². The molecule has 1 rings (SSSR count). The Bertz CT molecular complexity index is 422. The third kappa shape index (κ3) is 2.88. The van der Waals surface area contributed by atoms with Crippen LogP contribution in [0.1, 0.15) is 32.3 Å². The van der Waals surface area contributed by atoms with Gasteiger partial charge in [-0.1, -0.05) is 32.0 Å². The Balaban J connectivity index is 3.20. The highest BCUT2D eigenvalue weighted by atomic mass is 19.1. The second kappa shape index (κ2) is 5.96. The summed E-state index contributed by atoms with van der Waals surface area (Å²) in [6, 6.07) is 6.11. The molecule has 18 heavy (non-hydrogen) atoms. The van der Waals surface area contributed by atoms with Crippen LogP contribution < -0.4 is 5.73 Å². The molecule has 0 aliphatic heterocycles. The van der Waals surface area contributed by atoms with Crippen molar-refractivity contribution in [3.05, 3.63) is 35.6 Å². The van der Waals surface area contributed by atoms with Gasteiger partial charge in [0.25, 0.3) is 0 Å². The first-order chi connectivity index (χ1) is 8.45. The Kier molecular flexibility index (Phi) is 4.84. The molecule has 0 radical (unpaired) electrons. The van der Waals surface area contributed by atoms with Crippen LogP contribution in [0.4, 0.5) is 4.39 Å². The van der Waals surface area contributed by atoms with Crippen LogP contribution in [-0.2, 0) is 14.9 Å². The van der Waals surface area contributed by atoms with Crippen LogP contribution in [0.25, 0.3) is 0 Å². The first-order valence-electron chi connectivity index (χ1n) is 6.03. The Hall–Kier alpha value is -1.42. The first-order valence-corrected chi connectivity index (χ1v) is 6.03. The summed E-state index contributed by atoms with van der Waals surface area (Å²) >= 11 is 0. The molecule has 0 heterocycles. The zero-order valence-corrected chi connectivity index (χ0v) is 11.1. The van der Waals surface area contributed by atoms with Crippen LogP contribution in [0.2, 0.25) is 0 Å². The summed E-state index contributed by atoms with van der Waals surface area (Å²) in [7, 11) is 1.32. The number of carbonyl (C=O) groups is 1. The predicted molar refractivity (Wildman–Crippen MR) is 68.7 cm³/mol. The minimum Gasteiger partial charge on any atom is -0.469 e. The number of esters is 1. The van der Waals surface area contributed by atoms with Crippen molar-refractivity contribution < 1.29 is 13.9 Å². The maximum atomic E-state index is 13.9. The molecule has 3 nitrogen and oxygen atoms in total. The number of rotatable bonds is 5. The average Bonchev–Trinajstić information content (AvgIpc) is 2.37. The van der Waals surface area contributed by atoms with Gasteiger partial charge in [0.1, 0.15) is 5.82 Å². The molecule has 0 spiro atoms. The summed E-state index contributed by atoms with van der Waals surface area (Å²) in [4.78, 5) is 11.5. The van der Waals surface area contributed by atoms with Gasteiger partial charge in [0, 0.05) is 11.5 Å². The van der Waals surface area contributed by atoms with Crippen molar-refractivity contribution in [1.82, 2.24) is 0 Å². The molecule has 100 valence electrons. The minimum absolute atomic E-state index is 0.0689. The number of benzene rings is 1. The molecule has 0 fully saturated rings. The lowest BCUT2D eigenvalue weighted by atomic mass is 9.72. The van der Waals surface area contributed by atoms with E-state index in [1.165, 1.54) is 13.2 Å². The Morgan fingerprint density at radius 3 is 2.61 bits per heavy atom. The molecular formula is C14H20FNO2. The molecule has 2 unspecified atom stereocenters. The second-order valence-electron chi connectivity index (χ2n) is 4.66. The monoisotopic (exact) mass is 253 g/mol. The number of methoxy groups -OCH3 is 1. The first kappa shape index (κ1) is 14.6. The lowest BCUT2D eigenvalue weighted by molar-refractivity contribution is -0.142. The van der Waals surface area contributed by atoms with Crippen LogP contribution in [0.3, 0.4) is 0 Å². The smallest absolute Gasteiger partial charge is 0.306 e. The van der Waals surface area contributed by atoms with Crippen molar-refractivity contribution in [3.8, 4) is 0 Å². The van der Waals surface area contributed by atoms with Crippen LogP contribution in [0.15, 0.2) is 24.3 Å². The zero-order chi connectivity index (χ0) is 13.8. The number of nitrogens with two attached hydrogens (primary N) is 1. The van der Waals surface area contributed by atoms with E-state index in [0.29, 0.717) is 12.0 Å². The Morgan fingerprint density at radius 1 is 1.50 bits per heavy atom. The molecule has 0 amide bonds. The van der Waals surface area contributed by atoms with Crippen LogP contribution >= 0.6 is 0 Å². The number of hydrogen-bond donors (Lipinski definition) is 1. The van der Waals surface area contributed by atoms with E-state index in [1.54, 1.807) is 25.1 Å². The third-order valence-electron chi connectivity index (χ3n) is 3.49. The molecule has 0 saturated heterocycles. The van der Waals surface area contributed by atoms with E-state index in [0.717, 1.165) is 0 Å². The van der Waals surface area contributed by atoms with Crippen molar-refractivity contribution in [3.63, 3.8) is 0 Å². The van der Waals surface area contributed by atoms with Crippen molar-refractivity contribution in [2.75, 3.05) is 7.11 Å². The van der Waals surface area contributed by atoms with Gasteiger partial charge in [0.15, 0.2) is 0 Å². The molecule has 2 atom stereocenters. The molecule has 0 saturated carbocycles. The predicted octanol–water partition coefficient (Wildman–Crippen LogP) is 2.38. The summed E-state index contributed by atoms with van der Waals surface area (Å²) in [5.74, 6) is -0.725. The van der Waals surface area contributed by atoms with Gasteiger partial charge in [0.05, 0.1) is 13.5 Å². The Morgan fingerprint density at radius 2 is 2.11 bits per heavy atom. The van der Waals surface area contributed by atoms with Crippen LogP contribution in [0, 0.1) is 5.82 Å². The van der Waals surface area contributed by atoms with E-state index in [-0.39, 0.29) is 24.2 Å². The molecule has 0 aliphatic carbocycles. The highest BCUT2D eigenvalue weighted by Gasteiger charge is 2.37. The summed E-state index contributed by atoms with van der Waals surface area (Å²) in [6.45, 7) is 3.72. The van der Waals surface area contributed by atoms with Crippen molar-refractivity contribution in [1.29, 1.82) is 0 Å². The van der Waals surface area contributed by atoms with Crippen molar-refractivity contribution in [2.24, 2.45) is 5.73 Å². The maximum Gasteiger partial charge on any atom is 0.306 e. The lowest BCUT2D eigenvalue weighted by Crippen LogP contribution is -2.45. The molecule has 4 heteroatoms. The fourth-order valence-electron chi connectivity index (χ4n) is 2.17. The fraction of sp³-hybridized carbons (Fsp3) is 0.500. The normalized spacial score (nSPS) is 15.8. The fourth-order valence-corrected chi connectivity index (χ4v) is 2.17. The van der Waals surface area contributed by atoms with E-state index < -0.39 is 5.41 Å². The molecular weight excluding hydrogens is 233 g/mol.